The van der Waals surface area contributed by atoms with Crippen LogP contribution in [-0.4, -0.2) is 16.0 Å². The minimum absolute atomic E-state index is 0.591. The molecule has 0 atom stereocenters. The molecule has 1 saturated carbocycles. The number of imidazole rings is 1. The van der Waals surface area contributed by atoms with Gasteiger partial charge >= 0.3 is 0 Å². The SMILES string of the molecule is CCCC1CCC(Nc2nc3ccccc3[nH]2)CC1. The highest BCUT2D eigenvalue weighted by Gasteiger charge is 2.21. The Bertz CT molecular complexity index is 491. The van der Waals surface area contributed by atoms with Crippen LogP contribution in [0.3, 0.4) is 0 Å². The van der Waals surface area contributed by atoms with E-state index in [4.69, 9.17) is 0 Å². The topological polar surface area (TPSA) is 40.7 Å². The Morgan fingerprint density at radius 3 is 2.74 bits per heavy atom. The highest BCUT2D eigenvalue weighted by molar-refractivity contribution is 5.77. The van der Waals surface area contributed by atoms with Crippen molar-refractivity contribution >= 4 is 17.0 Å². The molecular weight excluding hydrogens is 234 g/mol. The smallest absolute Gasteiger partial charge is 0.201 e. The van der Waals surface area contributed by atoms with Gasteiger partial charge in [0.15, 0.2) is 0 Å². The number of fused-ring (bicyclic) bond motifs is 1. The molecule has 0 aliphatic heterocycles. The van der Waals surface area contributed by atoms with Crippen molar-refractivity contribution in [2.45, 2.75) is 51.5 Å². The van der Waals surface area contributed by atoms with E-state index in [1.165, 1.54) is 38.5 Å². The molecule has 3 heteroatoms. The first kappa shape index (κ1) is 12.5. The number of benzene rings is 1. The van der Waals surface area contributed by atoms with Crippen LogP contribution in [0.2, 0.25) is 0 Å². The summed E-state index contributed by atoms with van der Waals surface area (Å²) in [5, 5.41) is 3.57. The highest BCUT2D eigenvalue weighted by atomic mass is 15.1. The zero-order chi connectivity index (χ0) is 13.1. The Morgan fingerprint density at radius 1 is 1.21 bits per heavy atom. The summed E-state index contributed by atoms with van der Waals surface area (Å²) in [5.41, 5.74) is 2.16. The van der Waals surface area contributed by atoms with Gasteiger partial charge in [-0.15, -0.1) is 0 Å². The first-order chi connectivity index (χ1) is 9.35. The van der Waals surface area contributed by atoms with Crippen molar-refractivity contribution in [3.63, 3.8) is 0 Å². The average molecular weight is 257 g/mol. The number of hydrogen-bond acceptors (Lipinski definition) is 2. The maximum absolute atomic E-state index is 4.60. The lowest BCUT2D eigenvalue weighted by atomic mass is 9.83. The number of rotatable bonds is 4. The van der Waals surface area contributed by atoms with Gasteiger partial charge in [0.1, 0.15) is 0 Å². The van der Waals surface area contributed by atoms with Crippen molar-refractivity contribution in [3.8, 4) is 0 Å². The minimum atomic E-state index is 0.591. The summed E-state index contributed by atoms with van der Waals surface area (Å²) < 4.78 is 0. The number of aromatic nitrogens is 2. The van der Waals surface area contributed by atoms with Crippen molar-refractivity contribution in [1.29, 1.82) is 0 Å². The van der Waals surface area contributed by atoms with E-state index in [-0.39, 0.29) is 0 Å². The summed E-state index contributed by atoms with van der Waals surface area (Å²) in [6.07, 6.45) is 8.02. The highest BCUT2D eigenvalue weighted by Crippen LogP contribution is 2.29. The molecule has 1 heterocycles. The van der Waals surface area contributed by atoms with Crippen LogP contribution < -0.4 is 5.32 Å². The number of aromatic amines is 1. The molecule has 1 aliphatic rings. The first-order valence-electron chi connectivity index (χ1n) is 7.56. The molecule has 3 rings (SSSR count). The molecular formula is C16H23N3. The molecule has 0 amide bonds. The molecule has 1 fully saturated rings. The van der Waals surface area contributed by atoms with Gasteiger partial charge in [0.05, 0.1) is 11.0 Å². The van der Waals surface area contributed by atoms with Crippen LogP contribution in [-0.2, 0) is 0 Å². The van der Waals surface area contributed by atoms with E-state index in [0.29, 0.717) is 6.04 Å². The minimum Gasteiger partial charge on any atom is -0.353 e. The quantitative estimate of drug-likeness (QED) is 0.855. The van der Waals surface area contributed by atoms with E-state index in [9.17, 15) is 0 Å². The number of nitrogens with one attached hydrogen (secondary N) is 2. The lowest BCUT2D eigenvalue weighted by molar-refractivity contribution is 0.318. The van der Waals surface area contributed by atoms with Gasteiger partial charge in [-0.2, -0.15) is 0 Å². The maximum Gasteiger partial charge on any atom is 0.201 e. The van der Waals surface area contributed by atoms with Gasteiger partial charge < -0.3 is 10.3 Å². The molecule has 0 saturated heterocycles. The number of nitrogens with zero attached hydrogens (tertiary/aromatic N) is 1. The van der Waals surface area contributed by atoms with Crippen LogP contribution in [0, 0.1) is 5.92 Å². The molecule has 3 nitrogen and oxygen atoms in total. The van der Waals surface area contributed by atoms with Crippen molar-refractivity contribution in [2.24, 2.45) is 5.92 Å². The number of H-pyrrole nitrogens is 1. The van der Waals surface area contributed by atoms with Crippen LogP contribution >= 0.6 is 0 Å². The van der Waals surface area contributed by atoms with Gasteiger partial charge in [0.2, 0.25) is 5.95 Å². The normalized spacial score (nSPS) is 23.6. The van der Waals surface area contributed by atoms with Crippen molar-refractivity contribution < 1.29 is 0 Å². The largest absolute Gasteiger partial charge is 0.353 e. The van der Waals surface area contributed by atoms with Gasteiger partial charge in [-0.3, -0.25) is 0 Å². The predicted molar refractivity (Wildman–Crippen MR) is 80.4 cm³/mol. The molecule has 0 unspecified atom stereocenters. The monoisotopic (exact) mass is 257 g/mol. The van der Waals surface area contributed by atoms with Gasteiger partial charge in [-0.25, -0.2) is 4.98 Å². The molecule has 0 bridgehead atoms. The Morgan fingerprint density at radius 2 is 2.00 bits per heavy atom. The second-order valence-electron chi connectivity index (χ2n) is 5.75. The van der Waals surface area contributed by atoms with Crippen LogP contribution in [0.5, 0.6) is 0 Å². The molecule has 2 aromatic rings. The fourth-order valence-corrected chi connectivity index (χ4v) is 3.22. The first-order valence-corrected chi connectivity index (χ1v) is 7.56. The number of anilines is 1. The molecule has 1 aromatic heterocycles. The molecule has 19 heavy (non-hydrogen) atoms. The van der Waals surface area contributed by atoms with Crippen LogP contribution in [0.1, 0.15) is 45.4 Å². The summed E-state index contributed by atoms with van der Waals surface area (Å²) in [5.74, 6) is 1.89. The third-order valence-electron chi connectivity index (χ3n) is 4.27. The Balaban J connectivity index is 1.60. The van der Waals surface area contributed by atoms with Crippen LogP contribution in [0.15, 0.2) is 24.3 Å². The second kappa shape index (κ2) is 5.64. The zero-order valence-electron chi connectivity index (χ0n) is 11.7. The van der Waals surface area contributed by atoms with E-state index in [1.807, 2.05) is 12.1 Å². The second-order valence-corrected chi connectivity index (χ2v) is 5.75. The molecule has 102 valence electrons. The Labute approximate surface area is 114 Å². The zero-order valence-corrected chi connectivity index (χ0v) is 11.7. The summed E-state index contributed by atoms with van der Waals surface area (Å²) in [4.78, 5) is 7.95. The lowest BCUT2D eigenvalue weighted by Gasteiger charge is -2.28. The van der Waals surface area contributed by atoms with Crippen molar-refractivity contribution in [2.75, 3.05) is 5.32 Å². The fraction of sp³-hybridized carbons (Fsp3) is 0.562. The van der Waals surface area contributed by atoms with Crippen LogP contribution in [0.4, 0.5) is 5.95 Å². The van der Waals surface area contributed by atoms with Gasteiger partial charge in [0, 0.05) is 6.04 Å². The standard InChI is InChI=1S/C16H23N3/c1-2-5-12-8-10-13(11-9-12)17-16-18-14-6-3-4-7-15(14)19-16/h3-4,6-7,12-13H,2,5,8-11H2,1H3,(H2,17,18,19). The van der Waals surface area contributed by atoms with Crippen molar-refractivity contribution in [1.82, 2.24) is 9.97 Å². The predicted octanol–water partition coefficient (Wildman–Crippen LogP) is 4.33. The molecule has 0 spiro atoms. The molecule has 1 aliphatic carbocycles. The Kier molecular flexibility index (Phi) is 3.72. The van der Waals surface area contributed by atoms with E-state index < -0.39 is 0 Å². The summed E-state index contributed by atoms with van der Waals surface area (Å²) in [7, 11) is 0. The van der Waals surface area contributed by atoms with E-state index >= 15 is 0 Å². The number of para-hydroxylation sites is 2. The Hall–Kier alpha value is -1.51. The van der Waals surface area contributed by atoms with Gasteiger partial charge in [-0.1, -0.05) is 31.9 Å². The van der Waals surface area contributed by atoms with E-state index in [2.05, 4.69) is 34.3 Å². The van der Waals surface area contributed by atoms with E-state index in [0.717, 1.165) is 22.9 Å². The third kappa shape index (κ3) is 2.91. The summed E-state index contributed by atoms with van der Waals surface area (Å²) in [6, 6.07) is 8.79. The van der Waals surface area contributed by atoms with Gasteiger partial charge in [-0.05, 0) is 43.7 Å². The maximum atomic E-state index is 4.60. The van der Waals surface area contributed by atoms with E-state index in [1.54, 1.807) is 0 Å². The van der Waals surface area contributed by atoms with Gasteiger partial charge in [0.25, 0.3) is 0 Å². The lowest BCUT2D eigenvalue weighted by Crippen LogP contribution is -2.26. The fourth-order valence-electron chi connectivity index (χ4n) is 3.22. The summed E-state index contributed by atoms with van der Waals surface area (Å²) in [6.45, 7) is 2.29. The average Bonchev–Trinajstić information content (AvgIpc) is 2.83. The molecule has 1 aromatic carbocycles. The number of hydrogen-bond donors (Lipinski definition) is 2. The third-order valence-corrected chi connectivity index (χ3v) is 4.27. The summed E-state index contributed by atoms with van der Waals surface area (Å²) >= 11 is 0. The van der Waals surface area contributed by atoms with Crippen molar-refractivity contribution in [3.05, 3.63) is 24.3 Å². The van der Waals surface area contributed by atoms with Crippen LogP contribution in [0.25, 0.3) is 11.0 Å². The molecule has 0 radical (unpaired) electrons. The molecule has 2 N–H and O–H groups in total.